The van der Waals surface area contributed by atoms with Crippen LogP contribution in [0.5, 0.6) is 0 Å². The van der Waals surface area contributed by atoms with Crippen molar-refractivity contribution in [2.45, 2.75) is 45.1 Å². The Morgan fingerprint density at radius 2 is 2.00 bits per heavy atom. The Bertz CT molecular complexity index is 303. The van der Waals surface area contributed by atoms with Crippen LogP contribution < -0.4 is 5.32 Å². The molecule has 4 nitrogen and oxygen atoms in total. The van der Waals surface area contributed by atoms with Crippen LogP contribution in [-0.4, -0.2) is 22.5 Å². The Hall–Kier alpha value is -1.32. The van der Waals surface area contributed by atoms with Gasteiger partial charge in [0.2, 0.25) is 5.91 Å². The number of allylic oxidation sites excluding steroid dienone is 2. The van der Waals surface area contributed by atoms with Crippen molar-refractivity contribution >= 4 is 11.9 Å². The second-order valence-electron chi connectivity index (χ2n) is 4.52. The van der Waals surface area contributed by atoms with Gasteiger partial charge in [0.05, 0.1) is 0 Å². The summed E-state index contributed by atoms with van der Waals surface area (Å²) in [5.74, 6) is -1.20. The van der Waals surface area contributed by atoms with E-state index in [0.29, 0.717) is 19.3 Å². The molecule has 0 heterocycles. The van der Waals surface area contributed by atoms with Crippen molar-refractivity contribution in [2.24, 2.45) is 5.92 Å². The predicted molar refractivity (Wildman–Crippen MR) is 61.0 cm³/mol. The van der Waals surface area contributed by atoms with E-state index < -0.39 is 11.5 Å². The number of hydrogen-bond acceptors (Lipinski definition) is 2. The van der Waals surface area contributed by atoms with Gasteiger partial charge in [0.15, 0.2) is 0 Å². The summed E-state index contributed by atoms with van der Waals surface area (Å²) >= 11 is 0. The monoisotopic (exact) mass is 225 g/mol. The molecule has 1 aliphatic rings. The molecule has 0 aromatic rings. The molecule has 90 valence electrons. The van der Waals surface area contributed by atoms with Crippen molar-refractivity contribution in [2.75, 3.05) is 0 Å². The summed E-state index contributed by atoms with van der Waals surface area (Å²) in [6, 6.07) is 0. The second kappa shape index (κ2) is 5.14. The SMILES string of the molecule is CCCC(C)(NC(=O)C1CC=CC1)C(=O)O. The summed E-state index contributed by atoms with van der Waals surface area (Å²) in [5, 5.41) is 11.8. The highest BCUT2D eigenvalue weighted by Gasteiger charge is 2.35. The van der Waals surface area contributed by atoms with Crippen LogP contribution in [0, 0.1) is 5.92 Å². The van der Waals surface area contributed by atoms with Crippen LogP contribution in [-0.2, 0) is 9.59 Å². The summed E-state index contributed by atoms with van der Waals surface area (Å²) in [6.07, 6.45) is 6.53. The smallest absolute Gasteiger partial charge is 0.329 e. The molecule has 0 aliphatic heterocycles. The van der Waals surface area contributed by atoms with Gasteiger partial charge in [0.1, 0.15) is 5.54 Å². The summed E-state index contributed by atoms with van der Waals surface area (Å²) in [7, 11) is 0. The third kappa shape index (κ3) is 2.84. The van der Waals surface area contributed by atoms with Gasteiger partial charge >= 0.3 is 5.97 Å². The van der Waals surface area contributed by atoms with Crippen LogP contribution >= 0.6 is 0 Å². The van der Waals surface area contributed by atoms with E-state index in [1.807, 2.05) is 19.1 Å². The van der Waals surface area contributed by atoms with Crippen molar-refractivity contribution in [3.8, 4) is 0 Å². The molecule has 1 aliphatic carbocycles. The molecule has 0 saturated heterocycles. The van der Waals surface area contributed by atoms with E-state index in [1.54, 1.807) is 6.92 Å². The van der Waals surface area contributed by atoms with Gasteiger partial charge in [-0.25, -0.2) is 4.79 Å². The van der Waals surface area contributed by atoms with E-state index in [2.05, 4.69) is 5.32 Å². The summed E-state index contributed by atoms with van der Waals surface area (Å²) < 4.78 is 0. The van der Waals surface area contributed by atoms with Crippen molar-refractivity contribution in [3.05, 3.63) is 12.2 Å². The van der Waals surface area contributed by atoms with Crippen LogP contribution in [0.25, 0.3) is 0 Å². The summed E-state index contributed by atoms with van der Waals surface area (Å²) in [4.78, 5) is 23.0. The Labute approximate surface area is 95.7 Å². The lowest BCUT2D eigenvalue weighted by atomic mass is 9.94. The minimum atomic E-state index is -1.13. The Morgan fingerprint density at radius 1 is 1.44 bits per heavy atom. The Kier molecular flexibility index (Phi) is 4.10. The third-order valence-corrected chi connectivity index (χ3v) is 3.00. The van der Waals surface area contributed by atoms with Gasteiger partial charge in [-0.3, -0.25) is 4.79 Å². The molecular formula is C12H19NO3. The molecule has 2 N–H and O–H groups in total. The molecule has 16 heavy (non-hydrogen) atoms. The van der Waals surface area contributed by atoms with Gasteiger partial charge in [-0.1, -0.05) is 25.5 Å². The van der Waals surface area contributed by atoms with E-state index in [-0.39, 0.29) is 11.8 Å². The number of carbonyl (C=O) groups excluding carboxylic acids is 1. The number of amides is 1. The number of rotatable bonds is 5. The van der Waals surface area contributed by atoms with E-state index in [0.717, 1.165) is 6.42 Å². The highest BCUT2D eigenvalue weighted by molar-refractivity contribution is 5.88. The predicted octanol–water partition coefficient (Wildman–Crippen LogP) is 1.71. The summed E-state index contributed by atoms with van der Waals surface area (Å²) in [6.45, 7) is 3.48. The molecule has 1 amide bonds. The molecule has 0 saturated carbocycles. The number of carboxylic acid groups (broad SMARTS) is 1. The van der Waals surface area contributed by atoms with Crippen LogP contribution in [0.15, 0.2) is 12.2 Å². The molecule has 0 aromatic heterocycles. The van der Waals surface area contributed by atoms with Gasteiger partial charge in [-0.2, -0.15) is 0 Å². The number of nitrogens with one attached hydrogen (secondary N) is 1. The van der Waals surface area contributed by atoms with Crippen molar-refractivity contribution in [1.29, 1.82) is 0 Å². The third-order valence-electron chi connectivity index (χ3n) is 3.00. The molecular weight excluding hydrogens is 206 g/mol. The maximum absolute atomic E-state index is 11.8. The Balaban J connectivity index is 2.61. The largest absolute Gasteiger partial charge is 0.480 e. The zero-order chi connectivity index (χ0) is 12.2. The molecule has 0 fully saturated rings. The number of carbonyl (C=O) groups is 2. The van der Waals surface area contributed by atoms with E-state index in [4.69, 9.17) is 5.11 Å². The highest BCUT2D eigenvalue weighted by Crippen LogP contribution is 2.20. The quantitative estimate of drug-likeness (QED) is 0.700. The zero-order valence-electron chi connectivity index (χ0n) is 9.82. The van der Waals surface area contributed by atoms with Crippen molar-refractivity contribution < 1.29 is 14.7 Å². The minimum absolute atomic E-state index is 0.0875. The van der Waals surface area contributed by atoms with E-state index >= 15 is 0 Å². The number of carboxylic acids is 1. The number of hydrogen-bond donors (Lipinski definition) is 2. The highest BCUT2D eigenvalue weighted by atomic mass is 16.4. The first-order valence-corrected chi connectivity index (χ1v) is 5.70. The first-order chi connectivity index (χ1) is 7.49. The topological polar surface area (TPSA) is 66.4 Å². The average Bonchev–Trinajstić information content (AvgIpc) is 2.70. The fourth-order valence-electron chi connectivity index (χ4n) is 1.93. The molecule has 0 bridgehead atoms. The van der Waals surface area contributed by atoms with Crippen LogP contribution in [0.3, 0.4) is 0 Å². The van der Waals surface area contributed by atoms with Crippen LogP contribution in [0.2, 0.25) is 0 Å². The first kappa shape index (κ1) is 12.7. The molecule has 0 spiro atoms. The summed E-state index contributed by atoms with van der Waals surface area (Å²) in [5.41, 5.74) is -1.13. The Morgan fingerprint density at radius 3 is 2.44 bits per heavy atom. The molecule has 0 radical (unpaired) electrons. The van der Waals surface area contributed by atoms with Crippen LogP contribution in [0.1, 0.15) is 39.5 Å². The molecule has 1 rings (SSSR count). The molecule has 4 heteroatoms. The minimum Gasteiger partial charge on any atom is -0.480 e. The average molecular weight is 225 g/mol. The first-order valence-electron chi connectivity index (χ1n) is 5.70. The number of aliphatic carboxylic acids is 1. The lowest BCUT2D eigenvalue weighted by Crippen LogP contribution is -2.53. The lowest BCUT2D eigenvalue weighted by molar-refractivity contribution is -0.147. The second-order valence-corrected chi connectivity index (χ2v) is 4.52. The fourth-order valence-corrected chi connectivity index (χ4v) is 1.93. The maximum atomic E-state index is 11.8. The fraction of sp³-hybridized carbons (Fsp3) is 0.667. The van der Waals surface area contributed by atoms with Gasteiger partial charge in [-0.05, 0) is 26.2 Å². The lowest BCUT2D eigenvalue weighted by Gasteiger charge is -2.27. The van der Waals surface area contributed by atoms with Crippen molar-refractivity contribution in [1.82, 2.24) is 5.32 Å². The van der Waals surface area contributed by atoms with Gasteiger partial charge < -0.3 is 10.4 Å². The van der Waals surface area contributed by atoms with Gasteiger partial charge in [-0.15, -0.1) is 0 Å². The van der Waals surface area contributed by atoms with Crippen molar-refractivity contribution in [3.63, 3.8) is 0 Å². The molecule has 1 unspecified atom stereocenters. The maximum Gasteiger partial charge on any atom is 0.329 e. The normalized spacial score (nSPS) is 19.4. The van der Waals surface area contributed by atoms with E-state index in [1.165, 1.54) is 0 Å². The van der Waals surface area contributed by atoms with E-state index in [9.17, 15) is 9.59 Å². The standard InChI is InChI=1S/C12H19NO3/c1-3-8-12(2,11(15)16)13-10(14)9-6-4-5-7-9/h4-5,9H,3,6-8H2,1-2H3,(H,13,14)(H,15,16). The van der Waals surface area contributed by atoms with Gasteiger partial charge in [0, 0.05) is 5.92 Å². The molecule has 0 aromatic carbocycles. The zero-order valence-corrected chi connectivity index (χ0v) is 9.82. The molecule has 1 atom stereocenters. The van der Waals surface area contributed by atoms with Gasteiger partial charge in [0.25, 0.3) is 0 Å². The van der Waals surface area contributed by atoms with Crippen LogP contribution in [0.4, 0.5) is 0 Å².